The van der Waals surface area contributed by atoms with Crippen LogP contribution in [0.25, 0.3) is 0 Å². The molecule has 0 bridgehead atoms. The van der Waals surface area contributed by atoms with Crippen LogP contribution in [-0.4, -0.2) is 69.4 Å². The molecule has 0 aliphatic heterocycles. The fourth-order valence-corrected chi connectivity index (χ4v) is 5.16. The summed E-state index contributed by atoms with van der Waals surface area (Å²) in [5, 5.41) is 19.4. The van der Waals surface area contributed by atoms with Crippen molar-refractivity contribution >= 4 is 51.6 Å². The number of hydrogen-bond acceptors (Lipinski definition) is 4. The van der Waals surface area contributed by atoms with Gasteiger partial charge in [0, 0.05) is 0 Å². The van der Waals surface area contributed by atoms with Crippen molar-refractivity contribution in [1.82, 2.24) is 0 Å². The Bertz CT molecular complexity index is 890. The SMILES string of the molecule is CCC(c1ccccc1)(c1ccccc1)C(CC(=O)O)(C(=O)O)S(=O)(=O)O.[NaH]. The van der Waals surface area contributed by atoms with E-state index in [1.165, 1.54) is 24.3 Å². The Morgan fingerprint density at radius 2 is 1.29 bits per heavy atom. The normalized spacial score (nSPS) is 13.8. The van der Waals surface area contributed by atoms with Crippen LogP contribution < -0.4 is 0 Å². The monoisotopic (exact) mass is 416 g/mol. The number of carboxylic acid groups (broad SMARTS) is 2. The van der Waals surface area contributed by atoms with Gasteiger partial charge in [0.1, 0.15) is 0 Å². The topological polar surface area (TPSA) is 129 Å². The molecule has 0 saturated carbocycles. The second-order valence-electron chi connectivity index (χ2n) is 6.17. The maximum atomic E-state index is 12.5. The Morgan fingerprint density at radius 1 is 0.893 bits per heavy atom. The van der Waals surface area contributed by atoms with Gasteiger partial charge in [-0.3, -0.25) is 14.1 Å². The summed E-state index contributed by atoms with van der Waals surface area (Å²) in [6.45, 7) is 1.56. The molecule has 0 fully saturated rings. The molecule has 7 nitrogen and oxygen atoms in total. The summed E-state index contributed by atoms with van der Waals surface area (Å²) in [6, 6.07) is 15.8. The second kappa shape index (κ2) is 9.19. The van der Waals surface area contributed by atoms with E-state index in [1.54, 1.807) is 43.3 Å². The van der Waals surface area contributed by atoms with E-state index in [0.717, 1.165) is 0 Å². The molecule has 0 radical (unpaired) electrons. The molecule has 0 spiro atoms. The van der Waals surface area contributed by atoms with Crippen LogP contribution in [0.1, 0.15) is 30.9 Å². The predicted octanol–water partition coefficient (Wildman–Crippen LogP) is 1.92. The van der Waals surface area contributed by atoms with Gasteiger partial charge in [-0.05, 0) is 17.5 Å². The first-order chi connectivity index (χ1) is 12.6. The van der Waals surface area contributed by atoms with Crippen LogP contribution in [0.15, 0.2) is 60.7 Å². The molecule has 146 valence electrons. The van der Waals surface area contributed by atoms with Crippen LogP contribution in [0.2, 0.25) is 0 Å². The van der Waals surface area contributed by atoms with Crippen LogP contribution >= 0.6 is 0 Å². The second-order valence-corrected chi connectivity index (χ2v) is 7.82. The van der Waals surface area contributed by atoms with Crippen LogP contribution in [0.4, 0.5) is 0 Å². The molecule has 2 aromatic carbocycles. The molecule has 0 aliphatic rings. The van der Waals surface area contributed by atoms with Crippen molar-refractivity contribution in [2.45, 2.75) is 29.9 Å². The maximum absolute atomic E-state index is 12.5. The predicted molar refractivity (Wildman–Crippen MR) is 105 cm³/mol. The fraction of sp³-hybridized carbons (Fsp3) is 0.263. The van der Waals surface area contributed by atoms with Crippen molar-refractivity contribution in [3.8, 4) is 0 Å². The minimum absolute atomic E-state index is 0. The standard InChI is InChI=1S/C19H20O7S.Na.H/c1-2-18(14-9-5-3-6-10-14,15-11-7-4-8-12-15)19(17(22)23,13-16(20)21)27(24,25)26;;/h3-12H,2,13H2,1H3,(H,20,21)(H,22,23)(H,24,25,26);;. The number of benzene rings is 2. The van der Waals surface area contributed by atoms with Gasteiger partial charge in [-0.2, -0.15) is 8.42 Å². The van der Waals surface area contributed by atoms with Gasteiger partial charge in [-0.1, -0.05) is 67.6 Å². The van der Waals surface area contributed by atoms with Gasteiger partial charge >= 0.3 is 41.5 Å². The van der Waals surface area contributed by atoms with E-state index >= 15 is 0 Å². The van der Waals surface area contributed by atoms with E-state index in [0.29, 0.717) is 0 Å². The summed E-state index contributed by atoms with van der Waals surface area (Å²) >= 11 is 0. The Hall–Kier alpha value is -1.71. The van der Waals surface area contributed by atoms with E-state index in [4.69, 9.17) is 0 Å². The molecule has 9 heteroatoms. The third-order valence-corrected chi connectivity index (χ3v) is 6.49. The first kappa shape index (κ1) is 24.3. The summed E-state index contributed by atoms with van der Waals surface area (Å²) in [7, 11) is -5.37. The molecule has 2 aromatic rings. The molecule has 0 aromatic heterocycles. The van der Waals surface area contributed by atoms with Crippen molar-refractivity contribution in [2.24, 2.45) is 0 Å². The average molecular weight is 416 g/mol. The number of aliphatic carboxylic acids is 2. The Balaban J connectivity index is 0.00000392. The van der Waals surface area contributed by atoms with Crippen molar-refractivity contribution < 1.29 is 32.8 Å². The molecule has 3 N–H and O–H groups in total. The van der Waals surface area contributed by atoms with Gasteiger partial charge in [0.25, 0.3) is 10.1 Å². The zero-order chi connectivity index (χ0) is 20.3. The third kappa shape index (κ3) is 3.88. The molecule has 1 unspecified atom stereocenters. The summed E-state index contributed by atoms with van der Waals surface area (Å²) in [5.41, 5.74) is -1.28. The third-order valence-electron chi connectivity index (χ3n) is 4.94. The number of carbonyl (C=O) groups is 2. The van der Waals surface area contributed by atoms with E-state index in [9.17, 15) is 32.8 Å². The van der Waals surface area contributed by atoms with Gasteiger partial charge in [0.15, 0.2) is 0 Å². The quantitative estimate of drug-likeness (QED) is 0.443. The number of rotatable bonds is 8. The van der Waals surface area contributed by atoms with E-state index in [-0.39, 0.29) is 47.1 Å². The molecule has 1 atom stereocenters. The van der Waals surface area contributed by atoms with Crippen LogP contribution in [0.5, 0.6) is 0 Å². The van der Waals surface area contributed by atoms with Gasteiger partial charge in [0.05, 0.1) is 11.8 Å². The minimum atomic E-state index is -5.37. The van der Waals surface area contributed by atoms with Crippen molar-refractivity contribution in [1.29, 1.82) is 0 Å². The van der Waals surface area contributed by atoms with Crippen molar-refractivity contribution in [3.63, 3.8) is 0 Å². The number of hydrogen-bond donors (Lipinski definition) is 3. The molecular weight excluding hydrogens is 395 g/mol. The summed E-state index contributed by atoms with van der Waals surface area (Å²) < 4.78 is 32.0. The van der Waals surface area contributed by atoms with Crippen molar-refractivity contribution in [2.75, 3.05) is 0 Å². The number of carboxylic acids is 2. The van der Waals surface area contributed by atoms with Gasteiger partial charge < -0.3 is 10.2 Å². The molecule has 0 saturated heterocycles. The fourth-order valence-electron chi connectivity index (χ4n) is 3.82. The zero-order valence-corrected chi connectivity index (χ0v) is 15.4. The van der Waals surface area contributed by atoms with E-state index in [1.807, 2.05) is 0 Å². The van der Waals surface area contributed by atoms with Crippen molar-refractivity contribution in [3.05, 3.63) is 71.8 Å². The summed E-state index contributed by atoms with van der Waals surface area (Å²) in [6.07, 6.45) is -1.39. The van der Waals surface area contributed by atoms with Crippen LogP contribution in [-0.2, 0) is 25.1 Å². The molecule has 0 heterocycles. The average Bonchev–Trinajstić information content (AvgIpc) is 2.62. The van der Waals surface area contributed by atoms with E-state index < -0.39 is 38.6 Å². The van der Waals surface area contributed by atoms with Gasteiger partial charge in [0.2, 0.25) is 4.75 Å². The first-order valence-corrected chi connectivity index (χ1v) is 9.60. The van der Waals surface area contributed by atoms with Gasteiger partial charge in [-0.15, -0.1) is 0 Å². The zero-order valence-electron chi connectivity index (χ0n) is 14.6. The Labute approximate surface area is 185 Å². The van der Waals surface area contributed by atoms with E-state index in [2.05, 4.69) is 0 Å². The Kier molecular flexibility index (Phi) is 7.99. The first-order valence-electron chi connectivity index (χ1n) is 8.16. The molecule has 0 amide bonds. The molecule has 0 aliphatic carbocycles. The molecule has 28 heavy (non-hydrogen) atoms. The molecule has 2 rings (SSSR count). The summed E-state index contributed by atoms with van der Waals surface area (Å²) in [5.74, 6) is -3.58. The Morgan fingerprint density at radius 3 is 1.54 bits per heavy atom. The van der Waals surface area contributed by atoms with Crippen LogP contribution in [0.3, 0.4) is 0 Å². The molecular formula is C19H21NaO7S. The summed E-state index contributed by atoms with van der Waals surface area (Å²) in [4.78, 5) is 23.9. The van der Waals surface area contributed by atoms with Gasteiger partial charge in [-0.25, -0.2) is 0 Å². The van der Waals surface area contributed by atoms with Crippen LogP contribution in [0, 0.1) is 0 Å².